The quantitative estimate of drug-likeness (QED) is 0.519. The molecule has 0 aliphatic carbocycles. The lowest BCUT2D eigenvalue weighted by Gasteiger charge is -2.23. The molecule has 8 heteroatoms. The number of carbonyl (C=O) groups excluding carboxylic acids is 2. The number of methoxy groups -OCH3 is 1. The summed E-state index contributed by atoms with van der Waals surface area (Å²) < 4.78 is 24.2. The van der Waals surface area contributed by atoms with Crippen molar-refractivity contribution >= 4 is 18.2 Å². The highest BCUT2D eigenvalue weighted by Crippen LogP contribution is 2.41. The number of aromatic carboxylic acids is 1. The van der Waals surface area contributed by atoms with Gasteiger partial charge in [-0.25, -0.2) is 19.0 Å². The summed E-state index contributed by atoms with van der Waals surface area (Å²) in [6.45, 7) is 0.133. The summed E-state index contributed by atoms with van der Waals surface area (Å²) in [7, 11) is 1.16. The van der Waals surface area contributed by atoms with Gasteiger partial charge in [0.05, 0.1) is 12.7 Å². The van der Waals surface area contributed by atoms with E-state index in [1.165, 1.54) is 36.4 Å². The first-order valence-electron chi connectivity index (χ1n) is 8.80. The summed E-state index contributed by atoms with van der Waals surface area (Å²) in [5.74, 6) is -2.09. The topological polar surface area (TPSA) is 103 Å². The van der Waals surface area contributed by atoms with Crippen LogP contribution in [0.4, 0.5) is 4.39 Å². The molecule has 150 valence electrons. The third-order valence-electron chi connectivity index (χ3n) is 4.80. The molecular formula is C22H14FNO6. The summed E-state index contributed by atoms with van der Waals surface area (Å²) >= 11 is 0. The Bertz CT molecular complexity index is 1220. The zero-order chi connectivity index (χ0) is 21.4. The SMILES string of the molecule is COC(=O)c1nc(C=O)ccc1-c1cc2c(cc1C(=O)O)-c1cc(F)ccc1OC2. The molecule has 30 heavy (non-hydrogen) atoms. The predicted molar refractivity (Wildman–Crippen MR) is 103 cm³/mol. The molecule has 7 nitrogen and oxygen atoms in total. The van der Waals surface area contributed by atoms with E-state index in [-0.39, 0.29) is 34.7 Å². The van der Waals surface area contributed by atoms with E-state index in [0.29, 0.717) is 28.7 Å². The molecule has 1 N–H and O–H groups in total. The number of fused-ring (bicyclic) bond motifs is 3. The number of esters is 1. The van der Waals surface area contributed by atoms with Gasteiger partial charge in [0.25, 0.3) is 0 Å². The minimum absolute atomic E-state index is 0.00159. The summed E-state index contributed by atoms with van der Waals surface area (Å²) in [6.07, 6.45) is 0.473. The smallest absolute Gasteiger partial charge is 0.357 e. The molecule has 0 saturated carbocycles. The number of halogens is 1. The van der Waals surface area contributed by atoms with Crippen molar-refractivity contribution in [3.05, 3.63) is 70.8 Å². The fourth-order valence-electron chi connectivity index (χ4n) is 3.42. The zero-order valence-electron chi connectivity index (χ0n) is 15.6. The Morgan fingerprint density at radius 1 is 1.10 bits per heavy atom. The van der Waals surface area contributed by atoms with E-state index in [9.17, 15) is 23.9 Å². The number of hydrogen-bond acceptors (Lipinski definition) is 6. The lowest BCUT2D eigenvalue weighted by molar-refractivity contribution is 0.0593. The summed E-state index contributed by atoms with van der Waals surface area (Å²) in [6, 6.07) is 9.83. The van der Waals surface area contributed by atoms with Gasteiger partial charge in [-0.1, -0.05) is 0 Å². The van der Waals surface area contributed by atoms with E-state index < -0.39 is 17.8 Å². The molecule has 0 atom stereocenters. The van der Waals surface area contributed by atoms with Crippen LogP contribution < -0.4 is 4.74 Å². The van der Waals surface area contributed by atoms with Crippen LogP contribution in [0.15, 0.2) is 42.5 Å². The van der Waals surface area contributed by atoms with E-state index in [1.807, 2.05) is 0 Å². The molecule has 0 unspecified atom stereocenters. The van der Waals surface area contributed by atoms with Crippen LogP contribution in [0.2, 0.25) is 0 Å². The van der Waals surface area contributed by atoms with Crippen molar-refractivity contribution in [2.45, 2.75) is 6.61 Å². The highest BCUT2D eigenvalue weighted by molar-refractivity contribution is 6.03. The largest absolute Gasteiger partial charge is 0.488 e. The van der Waals surface area contributed by atoms with Crippen LogP contribution >= 0.6 is 0 Å². The normalized spacial score (nSPS) is 11.7. The van der Waals surface area contributed by atoms with E-state index >= 15 is 0 Å². The molecule has 0 fully saturated rings. The number of carboxylic acid groups (broad SMARTS) is 1. The zero-order valence-corrected chi connectivity index (χ0v) is 15.6. The first kappa shape index (κ1) is 19.3. The fourth-order valence-corrected chi connectivity index (χ4v) is 3.42. The molecule has 0 radical (unpaired) electrons. The number of nitrogens with zero attached hydrogens (tertiary/aromatic N) is 1. The van der Waals surface area contributed by atoms with E-state index in [2.05, 4.69) is 4.98 Å². The van der Waals surface area contributed by atoms with Crippen molar-refractivity contribution < 1.29 is 33.4 Å². The Morgan fingerprint density at radius 2 is 1.90 bits per heavy atom. The number of carbonyl (C=O) groups is 3. The molecule has 0 bridgehead atoms. The number of benzene rings is 2. The van der Waals surface area contributed by atoms with Crippen molar-refractivity contribution in [1.82, 2.24) is 4.98 Å². The van der Waals surface area contributed by atoms with Gasteiger partial charge in [-0.2, -0.15) is 0 Å². The maximum Gasteiger partial charge on any atom is 0.357 e. The van der Waals surface area contributed by atoms with Crippen LogP contribution in [0.5, 0.6) is 5.75 Å². The molecule has 1 aromatic heterocycles. The van der Waals surface area contributed by atoms with Gasteiger partial charge in [-0.3, -0.25) is 4.79 Å². The van der Waals surface area contributed by atoms with Crippen molar-refractivity contribution in [3.63, 3.8) is 0 Å². The second-order valence-corrected chi connectivity index (χ2v) is 6.53. The Balaban J connectivity index is 1.99. The second-order valence-electron chi connectivity index (χ2n) is 6.53. The minimum Gasteiger partial charge on any atom is -0.488 e. The summed E-state index contributed by atoms with van der Waals surface area (Å²) in [5.41, 5.74) is 1.67. The van der Waals surface area contributed by atoms with Crippen molar-refractivity contribution in [2.24, 2.45) is 0 Å². The van der Waals surface area contributed by atoms with E-state index in [0.717, 1.165) is 7.11 Å². The van der Waals surface area contributed by atoms with Crippen LogP contribution in [0, 0.1) is 5.82 Å². The summed E-state index contributed by atoms with van der Waals surface area (Å²) in [5, 5.41) is 9.82. The predicted octanol–water partition coefficient (Wildman–Crippen LogP) is 3.74. The van der Waals surface area contributed by atoms with Crippen molar-refractivity contribution in [3.8, 4) is 28.0 Å². The average Bonchev–Trinajstić information content (AvgIpc) is 2.76. The van der Waals surface area contributed by atoms with Crippen LogP contribution in [-0.2, 0) is 11.3 Å². The van der Waals surface area contributed by atoms with Gasteiger partial charge in [0, 0.05) is 11.1 Å². The van der Waals surface area contributed by atoms with Crippen LogP contribution in [0.1, 0.15) is 36.9 Å². The molecule has 2 heterocycles. The van der Waals surface area contributed by atoms with Crippen LogP contribution in [0.3, 0.4) is 0 Å². The van der Waals surface area contributed by atoms with Crippen molar-refractivity contribution in [1.29, 1.82) is 0 Å². The number of pyridine rings is 1. The molecule has 2 aromatic carbocycles. The summed E-state index contributed by atoms with van der Waals surface area (Å²) in [4.78, 5) is 39.3. The molecular weight excluding hydrogens is 393 g/mol. The Hall–Kier alpha value is -4.07. The number of aromatic nitrogens is 1. The average molecular weight is 407 g/mol. The number of hydrogen-bond donors (Lipinski definition) is 1. The monoisotopic (exact) mass is 407 g/mol. The van der Waals surface area contributed by atoms with Gasteiger partial charge in [-0.05, 0) is 59.2 Å². The molecule has 1 aliphatic rings. The number of rotatable bonds is 4. The van der Waals surface area contributed by atoms with Crippen LogP contribution in [-0.4, -0.2) is 35.4 Å². The Kier molecular flexibility index (Phi) is 4.75. The van der Waals surface area contributed by atoms with Gasteiger partial charge in [0.2, 0.25) is 0 Å². The number of carboxylic acids is 1. The highest BCUT2D eigenvalue weighted by Gasteiger charge is 2.26. The Morgan fingerprint density at radius 3 is 2.60 bits per heavy atom. The molecule has 1 aliphatic heterocycles. The van der Waals surface area contributed by atoms with Gasteiger partial charge in [0.15, 0.2) is 12.0 Å². The van der Waals surface area contributed by atoms with E-state index in [4.69, 9.17) is 9.47 Å². The minimum atomic E-state index is -1.24. The second kappa shape index (κ2) is 7.40. The lowest BCUT2D eigenvalue weighted by atomic mass is 9.89. The standard InChI is InChI=1S/C22H14FNO6/c1-29-22(28)20-14(4-3-13(9-25)24-20)16-6-11-10-30-19-5-2-12(23)7-17(19)15(11)8-18(16)21(26)27/h2-9H,10H2,1H3,(H,26,27). The van der Waals surface area contributed by atoms with Gasteiger partial charge in [-0.15, -0.1) is 0 Å². The first-order valence-corrected chi connectivity index (χ1v) is 8.80. The Labute approximate surface area is 169 Å². The molecule has 0 saturated heterocycles. The maximum absolute atomic E-state index is 13.8. The molecule has 0 spiro atoms. The highest BCUT2D eigenvalue weighted by atomic mass is 19.1. The molecule has 3 aromatic rings. The number of aldehydes is 1. The lowest BCUT2D eigenvalue weighted by Crippen LogP contribution is -2.12. The number of ether oxygens (including phenoxy) is 2. The maximum atomic E-state index is 13.8. The van der Waals surface area contributed by atoms with Gasteiger partial charge in [0.1, 0.15) is 23.9 Å². The fraction of sp³-hybridized carbons (Fsp3) is 0.0909. The third kappa shape index (κ3) is 3.18. The van der Waals surface area contributed by atoms with Gasteiger partial charge >= 0.3 is 11.9 Å². The third-order valence-corrected chi connectivity index (χ3v) is 4.80. The van der Waals surface area contributed by atoms with Crippen molar-refractivity contribution in [2.75, 3.05) is 7.11 Å². The van der Waals surface area contributed by atoms with Crippen LogP contribution in [0.25, 0.3) is 22.3 Å². The molecule has 0 amide bonds. The van der Waals surface area contributed by atoms with E-state index in [1.54, 1.807) is 6.07 Å². The first-order chi connectivity index (χ1) is 14.4. The molecule has 4 rings (SSSR count). The van der Waals surface area contributed by atoms with Gasteiger partial charge < -0.3 is 14.6 Å².